The van der Waals surface area contributed by atoms with E-state index in [0.717, 1.165) is 15.1 Å². The van der Waals surface area contributed by atoms with Gasteiger partial charge in [-0.3, -0.25) is 4.79 Å². The second-order valence-electron chi connectivity index (χ2n) is 4.35. The lowest BCUT2D eigenvalue weighted by Gasteiger charge is -2.28. The number of hydrogen-bond acceptors (Lipinski definition) is 3. The zero-order chi connectivity index (χ0) is 13.6. The van der Waals surface area contributed by atoms with Crippen molar-refractivity contribution >= 4 is 39.2 Å². The molecule has 1 heterocycles. The zero-order valence-corrected chi connectivity index (χ0v) is 13.0. The molecule has 1 aromatic heterocycles. The molecular formula is C13H18BrNO2S. The van der Waals surface area contributed by atoms with E-state index in [1.165, 1.54) is 6.08 Å². The summed E-state index contributed by atoms with van der Waals surface area (Å²) in [4.78, 5) is 12.8. The van der Waals surface area contributed by atoms with Crippen LogP contribution in [0.2, 0.25) is 0 Å². The van der Waals surface area contributed by atoms with Crippen molar-refractivity contribution in [2.45, 2.75) is 32.2 Å². The number of hydrogen-bond donors (Lipinski definition) is 2. The van der Waals surface area contributed by atoms with Crippen molar-refractivity contribution in [3.8, 4) is 0 Å². The summed E-state index contributed by atoms with van der Waals surface area (Å²) in [5.41, 5.74) is -0.341. The number of aliphatic hydroxyl groups excluding tert-OH is 1. The molecule has 3 nitrogen and oxygen atoms in total. The van der Waals surface area contributed by atoms with Gasteiger partial charge in [0, 0.05) is 23.1 Å². The Morgan fingerprint density at radius 1 is 1.61 bits per heavy atom. The summed E-state index contributed by atoms with van der Waals surface area (Å²) in [7, 11) is 0. The highest BCUT2D eigenvalue weighted by atomic mass is 79.9. The number of nitrogens with one attached hydrogen (secondary N) is 1. The number of carbonyl (C=O) groups is 1. The van der Waals surface area contributed by atoms with Gasteiger partial charge < -0.3 is 10.4 Å². The van der Waals surface area contributed by atoms with Crippen LogP contribution in [-0.2, 0) is 4.79 Å². The fourth-order valence-electron chi connectivity index (χ4n) is 1.49. The third kappa shape index (κ3) is 4.92. The fourth-order valence-corrected chi connectivity index (χ4v) is 2.82. The number of rotatable bonds is 6. The molecule has 0 spiro atoms. The lowest BCUT2D eigenvalue weighted by atomic mass is 9.95. The van der Waals surface area contributed by atoms with E-state index in [1.807, 2.05) is 26.0 Å². The molecule has 1 aromatic rings. The summed E-state index contributed by atoms with van der Waals surface area (Å²) >= 11 is 4.95. The summed E-state index contributed by atoms with van der Waals surface area (Å²) in [5.74, 6) is -0.127. The van der Waals surface area contributed by atoms with Gasteiger partial charge in [0.15, 0.2) is 0 Å². The van der Waals surface area contributed by atoms with Gasteiger partial charge in [-0.2, -0.15) is 0 Å². The molecule has 0 aromatic carbocycles. The van der Waals surface area contributed by atoms with Crippen molar-refractivity contribution < 1.29 is 9.90 Å². The normalized spacial score (nSPS) is 14.7. The third-order valence-corrected chi connectivity index (χ3v) is 4.45. The highest BCUT2D eigenvalue weighted by Crippen LogP contribution is 2.23. The first-order valence-electron chi connectivity index (χ1n) is 5.85. The number of thiophene rings is 1. The van der Waals surface area contributed by atoms with Crippen molar-refractivity contribution in [2.24, 2.45) is 0 Å². The molecule has 0 bridgehead atoms. The van der Waals surface area contributed by atoms with Gasteiger partial charge in [-0.1, -0.05) is 6.92 Å². The van der Waals surface area contributed by atoms with Crippen LogP contribution in [0.4, 0.5) is 0 Å². The topological polar surface area (TPSA) is 49.3 Å². The summed E-state index contributed by atoms with van der Waals surface area (Å²) in [5, 5.41) is 11.9. The van der Waals surface area contributed by atoms with E-state index in [9.17, 15) is 4.79 Å². The van der Waals surface area contributed by atoms with Crippen molar-refractivity contribution in [2.75, 3.05) is 6.61 Å². The smallest absolute Gasteiger partial charge is 0.244 e. The second-order valence-corrected chi connectivity index (χ2v) is 6.85. The molecule has 18 heavy (non-hydrogen) atoms. The maximum Gasteiger partial charge on any atom is 0.244 e. The minimum Gasteiger partial charge on any atom is -0.396 e. The predicted octanol–water partition coefficient (Wildman–Crippen LogP) is 3.19. The minimum absolute atomic E-state index is 0.0756. The van der Waals surface area contributed by atoms with Gasteiger partial charge in [0.05, 0.1) is 3.79 Å². The molecule has 0 saturated heterocycles. The van der Waals surface area contributed by atoms with Crippen molar-refractivity contribution in [1.82, 2.24) is 5.32 Å². The van der Waals surface area contributed by atoms with E-state index >= 15 is 0 Å². The SMILES string of the molecule is CCC(C)(CCO)NC(=O)/C=C/c1ccc(Br)s1. The molecule has 5 heteroatoms. The van der Waals surface area contributed by atoms with Crippen LogP contribution in [0.1, 0.15) is 31.6 Å². The summed E-state index contributed by atoms with van der Waals surface area (Å²) in [6, 6.07) is 3.90. The Hall–Kier alpha value is -0.650. The molecule has 0 radical (unpaired) electrons. The largest absolute Gasteiger partial charge is 0.396 e. The molecule has 0 aliphatic rings. The highest BCUT2D eigenvalue weighted by Gasteiger charge is 2.22. The van der Waals surface area contributed by atoms with Gasteiger partial charge >= 0.3 is 0 Å². The van der Waals surface area contributed by atoms with E-state index < -0.39 is 0 Å². The summed E-state index contributed by atoms with van der Waals surface area (Å²) < 4.78 is 1.04. The van der Waals surface area contributed by atoms with Crippen LogP contribution in [0, 0.1) is 0 Å². The lowest BCUT2D eigenvalue weighted by molar-refractivity contribution is -0.118. The Morgan fingerprint density at radius 3 is 2.83 bits per heavy atom. The molecular weight excluding hydrogens is 314 g/mol. The van der Waals surface area contributed by atoms with E-state index in [-0.39, 0.29) is 18.1 Å². The van der Waals surface area contributed by atoms with Crippen molar-refractivity contribution in [1.29, 1.82) is 0 Å². The Labute approximate surface area is 120 Å². The van der Waals surface area contributed by atoms with Crippen molar-refractivity contribution in [3.63, 3.8) is 0 Å². The van der Waals surface area contributed by atoms with Crippen LogP contribution in [0.5, 0.6) is 0 Å². The maximum atomic E-state index is 11.8. The maximum absolute atomic E-state index is 11.8. The molecule has 0 fully saturated rings. The molecule has 2 N–H and O–H groups in total. The Kier molecular flexibility index (Phi) is 6.05. The number of aliphatic hydroxyl groups is 1. The van der Waals surface area contributed by atoms with E-state index in [4.69, 9.17) is 5.11 Å². The molecule has 0 aliphatic carbocycles. The van der Waals surface area contributed by atoms with Crippen LogP contribution in [-0.4, -0.2) is 23.2 Å². The van der Waals surface area contributed by atoms with E-state index in [0.29, 0.717) is 6.42 Å². The fraction of sp³-hybridized carbons (Fsp3) is 0.462. The van der Waals surface area contributed by atoms with Gasteiger partial charge in [0.25, 0.3) is 0 Å². The Bertz CT molecular complexity index is 430. The number of carbonyl (C=O) groups excluding carboxylic acids is 1. The quantitative estimate of drug-likeness (QED) is 0.786. The van der Waals surface area contributed by atoms with Crippen LogP contribution in [0.15, 0.2) is 22.0 Å². The van der Waals surface area contributed by atoms with Gasteiger partial charge in [0.2, 0.25) is 5.91 Å². The van der Waals surface area contributed by atoms with E-state index in [1.54, 1.807) is 17.4 Å². The molecule has 0 aliphatic heterocycles. The lowest BCUT2D eigenvalue weighted by Crippen LogP contribution is -2.45. The average molecular weight is 332 g/mol. The Balaban J connectivity index is 2.58. The van der Waals surface area contributed by atoms with Crippen LogP contribution in [0.3, 0.4) is 0 Å². The summed E-state index contributed by atoms with van der Waals surface area (Å²) in [6.45, 7) is 4.01. The third-order valence-electron chi connectivity index (χ3n) is 2.86. The molecule has 1 atom stereocenters. The Morgan fingerprint density at radius 2 is 2.33 bits per heavy atom. The number of amides is 1. The van der Waals surface area contributed by atoms with Crippen LogP contribution < -0.4 is 5.32 Å². The standard InChI is InChI=1S/C13H18BrNO2S/c1-3-13(2,8-9-16)15-12(17)7-5-10-4-6-11(14)18-10/h4-7,16H,3,8-9H2,1-2H3,(H,15,17)/b7-5+. The van der Waals surface area contributed by atoms with E-state index in [2.05, 4.69) is 21.2 Å². The molecule has 1 rings (SSSR count). The molecule has 1 amide bonds. The van der Waals surface area contributed by atoms with Crippen molar-refractivity contribution in [3.05, 3.63) is 26.9 Å². The number of halogens is 1. The zero-order valence-electron chi connectivity index (χ0n) is 10.6. The monoisotopic (exact) mass is 331 g/mol. The summed E-state index contributed by atoms with van der Waals surface area (Å²) in [6.07, 6.45) is 4.68. The van der Waals surface area contributed by atoms with Crippen LogP contribution in [0.25, 0.3) is 6.08 Å². The van der Waals surface area contributed by atoms with Gasteiger partial charge in [-0.05, 0) is 53.9 Å². The van der Waals surface area contributed by atoms with Crippen LogP contribution >= 0.6 is 27.3 Å². The highest BCUT2D eigenvalue weighted by molar-refractivity contribution is 9.11. The predicted molar refractivity (Wildman–Crippen MR) is 79.6 cm³/mol. The first-order valence-corrected chi connectivity index (χ1v) is 7.46. The van der Waals surface area contributed by atoms with Gasteiger partial charge in [-0.15, -0.1) is 11.3 Å². The van der Waals surface area contributed by atoms with Gasteiger partial charge in [-0.25, -0.2) is 0 Å². The molecule has 0 saturated carbocycles. The average Bonchev–Trinajstić information content (AvgIpc) is 2.73. The first-order chi connectivity index (χ1) is 8.49. The second kappa shape index (κ2) is 7.07. The molecule has 100 valence electrons. The first kappa shape index (κ1) is 15.4. The van der Waals surface area contributed by atoms with Gasteiger partial charge in [0.1, 0.15) is 0 Å². The molecule has 1 unspecified atom stereocenters. The minimum atomic E-state index is -0.341.